The maximum absolute atomic E-state index is 12.1. The summed E-state index contributed by atoms with van der Waals surface area (Å²) in [5.41, 5.74) is 5.93. The second-order valence-corrected chi connectivity index (χ2v) is 6.38. The van der Waals surface area contributed by atoms with Gasteiger partial charge in [-0.2, -0.15) is 5.10 Å². The van der Waals surface area contributed by atoms with Crippen molar-refractivity contribution in [2.75, 3.05) is 0 Å². The van der Waals surface area contributed by atoms with Crippen molar-refractivity contribution in [2.45, 2.75) is 44.4 Å². The third-order valence-electron chi connectivity index (χ3n) is 4.66. The lowest BCUT2D eigenvalue weighted by Gasteiger charge is -2.20. The Morgan fingerprint density at radius 3 is 2.08 bits per heavy atom. The Morgan fingerprint density at radius 2 is 1.46 bits per heavy atom. The van der Waals surface area contributed by atoms with Gasteiger partial charge in [0.25, 0.3) is 5.91 Å². The van der Waals surface area contributed by atoms with Crippen LogP contribution in [0, 0.1) is 0 Å². The van der Waals surface area contributed by atoms with E-state index < -0.39 is 0 Å². The van der Waals surface area contributed by atoms with Crippen LogP contribution >= 0.6 is 0 Å². The van der Waals surface area contributed by atoms with Crippen molar-refractivity contribution in [3.05, 3.63) is 71.8 Å². The molecule has 0 heterocycles. The molecule has 0 bridgehead atoms. The molecule has 3 nitrogen and oxygen atoms in total. The fourth-order valence-corrected chi connectivity index (χ4v) is 3.33. The summed E-state index contributed by atoms with van der Waals surface area (Å²) in [5.74, 6) is 0.527. The van der Waals surface area contributed by atoms with Gasteiger partial charge in [0.05, 0.1) is 0 Å². The number of hydrogen-bond acceptors (Lipinski definition) is 2. The average Bonchev–Trinajstić information content (AvgIpc) is 2.62. The zero-order chi connectivity index (χ0) is 16.6. The molecular weight excluding hydrogens is 296 g/mol. The lowest BCUT2D eigenvalue weighted by Crippen LogP contribution is -2.20. The summed E-state index contributed by atoms with van der Waals surface area (Å²) < 4.78 is 0. The first kappa shape index (κ1) is 16.4. The molecule has 1 aliphatic rings. The van der Waals surface area contributed by atoms with Crippen LogP contribution < -0.4 is 5.43 Å². The van der Waals surface area contributed by atoms with Crippen LogP contribution in [0.5, 0.6) is 0 Å². The molecule has 0 unspecified atom stereocenters. The topological polar surface area (TPSA) is 41.5 Å². The molecule has 0 atom stereocenters. The molecule has 2 aromatic carbocycles. The molecule has 1 aliphatic carbocycles. The predicted octanol–water partition coefficient (Wildman–Crippen LogP) is 4.91. The highest BCUT2D eigenvalue weighted by Gasteiger charge is 2.15. The first-order valence-corrected chi connectivity index (χ1v) is 8.78. The van der Waals surface area contributed by atoms with Crippen LogP contribution in [0.4, 0.5) is 0 Å². The van der Waals surface area contributed by atoms with Crippen LogP contribution in [0.15, 0.2) is 65.8 Å². The average molecular weight is 320 g/mol. The Bertz CT molecular complexity index is 667. The standard InChI is InChI=1S/C21H24N2O/c24-21(19-11-5-2-6-12-19)23-22-20-15-7-13-18(14-8-16-20)17-9-3-1-4-10-17/h1-6,9-12,18H,7-8,13-16H2,(H,23,24). The van der Waals surface area contributed by atoms with Gasteiger partial charge >= 0.3 is 0 Å². The zero-order valence-electron chi connectivity index (χ0n) is 13.9. The largest absolute Gasteiger partial charge is 0.271 e. The smallest absolute Gasteiger partial charge is 0.267 e. The highest BCUT2D eigenvalue weighted by molar-refractivity contribution is 5.95. The minimum Gasteiger partial charge on any atom is -0.267 e. The lowest BCUT2D eigenvalue weighted by molar-refractivity contribution is 0.0954. The molecule has 24 heavy (non-hydrogen) atoms. The van der Waals surface area contributed by atoms with Crippen LogP contribution in [0.1, 0.15) is 60.4 Å². The summed E-state index contributed by atoms with van der Waals surface area (Å²) in [7, 11) is 0. The lowest BCUT2D eigenvalue weighted by atomic mass is 9.85. The fourth-order valence-electron chi connectivity index (χ4n) is 3.33. The Labute approximate surface area is 143 Å². The molecule has 0 aromatic heterocycles. The number of hydrazone groups is 1. The number of amides is 1. The summed E-state index contributed by atoms with van der Waals surface area (Å²) in [6, 6.07) is 20.0. The second-order valence-electron chi connectivity index (χ2n) is 6.38. The molecule has 124 valence electrons. The van der Waals surface area contributed by atoms with E-state index in [0.29, 0.717) is 11.5 Å². The molecular formula is C21H24N2O. The van der Waals surface area contributed by atoms with Gasteiger partial charge in [0.1, 0.15) is 0 Å². The molecule has 3 heteroatoms. The summed E-state index contributed by atoms with van der Waals surface area (Å²) in [5, 5.41) is 4.38. The van der Waals surface area contributed by atoms with Crippen LogP contribution in [0.2, 0.25) is 0 Å². The number of carbonyl (C=O) groups is 1. The summed E-state index contributed by atoms with van der Waals surface area (Å²) in [6.07, 6.45) is 6.57. The Morgan fingerprint density at radius 1 is 0.875 bits per heavy atom. The third kappa shape index (κ3) is 4.54. The van der Waals surface area contributed by atoms with E-state index in [4.69, 9.17) is 0 Å². The molecule has 0 spiro atoms. The fraction of sp³-hybridized carbons (Fsp3) is 0.333. The SMILES string of the molecule is O=C(NN=C1CCCC(c2ccccc2)CCC1)c1ccccc1. The number of benzene rings is 2. The van der Waals surface area contributed by atoms with Crippen molar-refractivity contribution >= 4 is 11.6 Å². The van der Waals surface area contributed by atoms with Gasteiger partial charge in [-0.05, 0) is 62.1 Å². The van der Waals surface area contributed by atoms with Gasteiger partial charge in [0, 0.05) is 11.3 Å². The van der Waals surface area contributed by atoms with Crippen LogP contribution in [-0.4, -0.2) is 11.6 Å². The number of hydrogen-bond donors (Lipinski definition) is 1. The molecule has 3 rings (SSSR count). The molecule has 1 saturated carbocycles. The maximum atomic E-state index is 12.1. The van der Waals surface area contributed by atoms with Gasteiger partial charge < -0.3 is 0 Å². The van der Waals surface area contributed by atoms with E-state index in [1.807, 2.05) is 18.2 Å². The third-order valence-corrected chi connectivity index (χ3v) is 4.66. The zero-order valence-corrected chi connectivity index (χ0v) is 13.9. The number of carbonyl (C=O) groups excluding carboxylic acids is 1. The van der Waals surface area contributed by atoms with E-state index >= 15 is 0 Å². The van der Waals surface area contributed by atoms with Gasteiger partial charge in [-0.3, -0.25) is 4.79 Å². The first-order valence-electron chi connectivity index (χ1n) is 8.78. The molecule has 2 aromatic rings. The number of rotatable bonds is 3. The normalized spacial score (nSPS) is 18.3. The van der Waals surface area contributed by atoms with Gasteiger partial charge in [0.2, 0.25) is 0 Å². The monoisotopic (exact) mass is 320 g/mol. The van der Waals surface area contributed by atoms with Crippen molar-refractivity contribution in [3.8, 4) is 0 Å². The van der Waals surface area contributed by atoms with Crippen molar-refractivity contribution in [2.24, 2.45) is 5.10 Å². The first-order chi connectivity index (χ1) is 11.8. The van der Waals surface area contributed by atoms with Crippen LogP contribution in [0.3, 0.4) is 0 Å². The summed E-state index contributed by atoms with van der Waals surface area (Å²) in [6.45, 7) is 0. The second kappa shape index (κ2) is 8.44. The van der Waals surface area contributed by atoms with Gasteiger partial charge in [0.15, 0.2) is 0 Å². The molecule has 1 N–H and O–H groups in total. The van der Waals surface area contributed by atoms with Crippen molar-refractivity contribution in [1.29, 1.82) is 0 Å². The van der Waals surface area contributed by atoms with E-state index in [-0.39, 0.29) is 5.91 Å². The van der Waals surface area contributed by atoms with E-state index in [2.05, 4.69) is 40.9 Å². The van der Waals surface area contributed by atoms with Crippen LogP contribution in [-0.2, 0) is 0 Å². The van der Waals surface area contributed by atoms with Gasteiger partial charge in [-0.1, -0.05) is 48.5 Å². The van der Waals surface area contributed by atoms with E-state index in [1.54, 1.807) is 12.1 Å². The van der Waals surface area contributed by atoms with Crippen molar-refractivity contribution in [3.63, 3.8) is 0 Å². The van der Waals surface area contributed by atoms with Crippen molar-refractivity contribution < 1.29 is 4.79 Å². The highest BCUT2D eigenvalue weighted by Crippen LogP contribution is 2.30. The quantitative estimate of drug-likeness (QED) is 0.802. The van der Waals surface area contributed by atoms with E-state index in [1.165, 1.54) is 18.4 Å². The highest BCUT2D eigenvalue weighted by atomic mass is 16.2. The summed E-state index contributed by atoms with van der Waals surface area (Å²) in [4.78, 5) is 12.1. The minimum absolute atomic E-state index is 0.132. The Hall–Kier alpha value is -2.42. The molecule has 0 radical (unpaired) electrons. The van der Waals surface area contributed by atoms with E-state index in [0.717, 1.165) is 31.4 Å². The van der Waals surface area contributed by atoms with Crippen molar-refractivity contribution in [1.82, 2.24) is 5.43 Å². The summed E-state index contributed by atoms with van der Waals surface area (Å²) >= 11 is 0. The number of nitrogens with one attached hydrogen (secondary N) is 1. The number of nitrogens with zero attached hydrogens (tertiary/aromatic N) is 1. The minimum atomic E-state index is -0.132. The van der Waals surface area contributed by atoms with Crippen LogP contribution in [0.25, 0.3) is 0 Å². The van der Waals surface area contributed by atoms with Gasteiger partial charge in [-0.25, -0.2) is 5.43 Å². The molecule has 1 amide bonds. The molecule has 0 saturated heterocycles. The molecule has 1 fully saturated rings. The van der Waals surface area contributed by atoms with Gasteiger partial charge in [-0.15, -0.1) is 0 Å². The molecule has 0 aliphatic heterocycles. The maximum Gasteiger partial charge on any atom is 0.271 e. The predicted molar refractivity (Wildman–Crippen MR) is 98.2 cm³/mol. The van der Waals surface area contributed by atoms with E-state index in [9.17, 15) is 4.79 Å². The Balaban J connectivity index is 1.54. The Kier molecular flexibility index (Phi) is 5.78.